The molecule has 3 aromatic rings. The van der Waals surface area contributed by atoms with Crippen LogP contribution in [-0.4, -0.2) is 44.4 Å². The van der Waals surface area contributed by atoms with Crippen molar-refractivity contribution in [1.82, 2.24) is 19.4 Å². The molecule has 0 radical (unpaired) electrons. The van der Waals surface area contributed by atoms with Gasteiger partial charge in [0.1, 0.15) is 5.52 Å². The molecule has 154 valence electrons. The van der Waals surface area contributed by atoms with Crippen LogP contribution < -0.4 is 15.9 Å². The zero-order valence-electron chi connectivity index (χ0n) is 16.6. The third-order valence-corrected chi connectivity index (χ3v) is 5.55. The number of fused-ring (bicyclic) bond motifs is 1. The Hall–Kier alpha value is -3.80. The van der Waals surface area contributed by atoms with E-state index in [4.69, 9.17) is 5.11 Å². The van der Waals surface area contributed by atoms with E-state index in [0.29, 0.717) is 23.3 Å². The molecule has 0 unspecified atom stereocenters. The average Bonchev–Trinajstić information content (AvgIpc) is 2.99. The van der Waals surface area contributed by atoms with Gasteiger partial charge in [-0.15, -0.1) is 0 Å². The molecule has 3 heterocycles. The number of anilines is 1. The van der Waals surface area contributed by atoms with Crippen molar-refractivity contribution in [3.63, 3.8) is 0 Å². The first-order valence-electron chi connectivity index (χ1n) is 9.76. The van der Waals surface area contributed by atoms with Gasteiger partial charge in [-0.2, -0.15) is 5.26 Å². The van der Waals surface area contributed by atoms with Gasteiger partial charge in [0.05, 0.1) is 23.9 Å². The summed E-state index contributed by atoms with van der Waals surface area (Å²) in [5.41, 5.74) is 3.15. The fraction of sp³-hybridized carbons (Fsp3) is 0.333. The summed E-state index contributed by atoms with van der Waals surface area (Å²) in [5.74, 6) is 0. The third kappa shape index (κ3) is 3.48. The van der Waals surface area contributed by atoms with Crippen LogP contribution in [0.2, 0.25) is 0 Å². The number of rotatable bonds is 4. The van der Waals surface area contributed by atoms with Crippen LogP contribution in [0, 0.1) is 11.3 Å². The Labute approximate surface area is 172 Å². The highest BCUT2D eigenvalue weighted by atomic mass is 16.4. The van der Waals surface area contributed by atoms with Crippen molar-refractivity contribution < 1.29 is 9.90 Å². The number of nitriles is 1. The van der Waals surface area contributed by atoms with E-state index >= 15 is 0 Å². The molecule has 30 heavy (non-hydrogen) atoms. The van der Waals surface area contributed by atoms with E-state index in [0.717, 1.165) is 30.6 Å². The second-order valence-corrected chi connectivity index (χ2v) is 7.43. The highest BCUT2D eigenvalue weighted by molar-refractivity contribution is 5.87. The summed E-state index contributed by atoms with van der Waals surface area (Å²) in [6, 6.07) is 11.1. The molecule has 1 aliphatic heterocycles. The minimum absolute atomic E-state index is 0.178. The molecule has 1 fully saturated rings. The minimum atomic E-state index is -1.04. The number of carboxylic acid groups (broad SMARTS) is 1. The lowest BCUT2D eigenvalue weighted by molar-refractivity contribution is 0.188. The molecule has 0 aliphatic carbocycles. The van der Waals surface area contributed by atoms with Crippen LogP contribution in [0.1, 0.15) is 24.0 Å². The Balaban J connectivity index is 1.81. The maximum atomic E-state index is 13.0. The van der Waals surface area contributed by atoms with E-state index in [-0.39, 0.29) is 18.3 Å². The molecule has 9 nitrogen and oxygen atoms in total. The first kappa shape index (κ1) is 19.5. The molecule has 9 heteroatoms. The van der Waals surface area contributed by atoms with Crippen LogP contribution in [0.4, 0.5) is 10.5 Å². The van der Waals surface area contributed by atoms with Gasteiger partial charge in [-0.3, -0.25) is 9.13 Å². The fourth-order valence-corrected chi connectivity index (χ4v) is 4.13. The summed E-state index contributed by atoms with van der Waals surface area (Å²) in [7, 11) is 1.68. The average molecular weight is 406 g/mol. The molecule has 1 aliphatic rings. The number of hydrogen-bond acceptors (Lipinski definition) is 5. The van der Waals surface area contributed by atoms with Crippen molar-refractivity contribution in [2.45, 2.75) is 25.4 Å². The minimum Gasteiger partial charge on any atom is -0.465 e. The molecule has 1 aromatic carbocycles. The van der Waals surface area contributed by atoms with E-state index in [2.05, 4.69) is 21.3 Å². The van der Waals surface area contributed by atoms with Crippen molar-refractivity contribution in [1.29, 1.82) is 5.26 Å². The Morgan fingerprint density at radius 1 is 1.37 bits per heavy atom. The lowest BCUT2D eigenvalue weighted by Crippen LogP contribution is -2.47. The van der Waals surface area contributed by atoms with Gasteiger partial charge in [0, 0.05) is 32.4 Å². The Morgan fingerprint density at radius 3 is 2.93 bits per heavy atom. The first-order valence-corrected chi connectivity index (χ1v) is 9.76. The molecule has 0 spiro atoms. The number of nitrogens with zero attached hydrogens (tertiary/aromatic N) is 5. The number of benzene rings is 1. The smallest absolute Gasteiger partial charge is 0.404 e. The highest BCUT2D eigenvalue weighted by Crippen LogP contribution is 2.28. The second-order valence-electron chi connectivity index (χ2n) is 7.43. The van der Waals surface area contributed by atoms with Crippen molar-refractivity contribution in [2.24, 2.45) is 7.05 Å². The molecule has 0 saturated carbocycles. The molecule has 4 rings (SSSR count). The quantitative estimate of drug-likeness (QED) is 0.684. The SMILES string of the molecule is Cn1c(=O)n(Cc2ccccc2C#N)c2c(N3CCC[C@@H](NC(=O)O)C3)ccnc21. The highest BCUT2D eigenvalue weighted by Gasteiger charge is 2.25. The molecule has 1 amide bonds. The Kier molecular flexibility index (Phi) is 5.14. The van der Waals surface area contributed by atoms with Crippen molar-refractivity contribution >= 4 is 22.9 Å². The lowest BCUT2D eigenvalue weighted by atomic mass is 10.0. The fourth-order valence-electron chi connectivity index (χ4n) is 4.13. The van der Waals surface area contributed by atoms with Gasteiger partial charge in [-0.25, -0.2) is 14.6 Å². The standard InChI is InChI=1S/C21H22N6O3/c1-25-19-18(27(21(25)30)12-15-6-3-2-5-14(15)11-22)17(8-9-23-19)26-10-4-7-16(13-26)24-20(28)29/h2-3,5-6,8-9,16,24H,4,7,10,12-13H2,1H3,(H,28,29)/t16-/m1/s1. The summed E-state index contributed by atoms with van der Waals surface area (Å²) >= 11 is 0. The summed E-state index contributed by atoms with van der Waals surface area (Å²) < 4.78 is 3.15. The molecule has 1 saturated heterocycles. The summed E-state index contributed by atoms with van der Waals surface area (Å²) in [5, 5.41) is 21.1. The number of aromatic nitrogens is 3. The predicted octanol–water partition coefficient (Wildman–Crippen LogP) is 1.89. The summed E-state index contributed by atoms with van der Waals surface area (Å²) in [6.45, 7) is 1.53. The molecule has 2 aromatic heterocycles. The molecule has 1 atom stereocenters. The second kappa shape index (κ2) is 7.91. The van der Waals surface area contributed by atoms with Crippen LogP contribution in [0.15, 0.2) is 41.3 Å². The zero-order chi connectivity index (χ0) is 21.3. The Bertz CT molecular complexity index is 1210. The monoisotopic (exact) mass is 406 g/mol. The number of hydrogen-bond donors (Lipinski definition) is 2. The van der Waals surface area contributed by atoms with Gasteiger partial charge in [-0.05, 0) is 30.5 Å². The number of nitrogens with one attached hydrogen (secondary N) is 1. The van der Waals surface area contributed by atoms with Crippen LogP contribution in [0.25, 0.3) is 11.2 Å². The topological polar surface area (TPSA) is 116 Å². The van der Waals surface area contributed by atoms with Gasteiger partial charge < -0.3 is 15.3 Å². The van der Waals surface area contributed by atoms with Crippen molar-refractivity contribution in [2.75, 3.05) is 18.0 Å². The maximum absolute atomic E-state index is 13.0. The number of imidazole rings is 1. The van der Waals surface area contributed by atoms with Crippen LogP contribution >= 0.6 is 0 Å². The largest absolute Gasteiger partial charge is 0.465 e. The van der Waals surface area contributed by atoms with E-state index < -0.39 is 6.09 Å². The normalized spacial score (nSPS) is 16.4. The van der Waals surface area contributed by atoms with Crippen molar-refractivity contribution in [3.8, 4) is 6.07 Å². The molecule has 2 N–H and O–H groups in total. The Morgan fingerprint density at radius 2 is 2.17 bits per heavy atom. The van der Waals surface area contributed by atoms with E-state index in [9.17, 15) is 14.9 Å². The van der Waals surface area contributed by atoms with E-state index in [1.165, 1.54) is 4.57 Å². The number of aryl methyl sites for hydroxylation is 1. The number of carbonyl (C=O) groups is 1. The van der Waals surface area contributed by atoms with Gasteiger partial charge in [0.25, 0.3) is 0 Å². The number of piperidine rings is 1. The van der Waals surface area contributed by atoms with Gasteiger partial charge >= 0.3 is 11.8 Å². The van der Waals surface area contributed by atoms with Crippen LogP contribution in [0.5, 0.6) is 0 Å². The van der Waals surface area contributed by atoms with E-state index in [1.54, 1.807) is 29.9 Å². The van der Waals surface area contributed by atoms with Gasteiger partial charge in [0.2, 0.25) is 0 Å². The van der Waals surface area contributed by atoms with Gasteiger partial charge in [-0.1, -0.05) is 18.2 Å². The number of amides is 1. The van der Waals surface area contributed by atoms with E-state index in [1.807, 2.05) is 18.2 Å². The summed E-state index contributed by atoms with van der Waals surface area (Å²) in [4.78, 5) is 30.6. The van der Waals surface area contributed by atoms with Crippen molar-refractivity contribution in [3.05, 3.63) is 58.1 Å². The maximum Gasteiger partial charge on any atom is 0.404 e. The molecular weight excluding hydrogens is 384 g/mol. The summed E-state index contributed by atoms with van der Waals surface area (Å²) in [6.07, 6.45) is 2.24. The molecule has 0 bridgehead atoms. The first-order chi connectivity index (χ1) is 14.5. The zero-order valence-corrected chi connectivity index (χ0v) is 16.6. The lowest BCUT2D eigenvalue weighted by Gasteiger charge is -2.34. The molecular formula is C21H22N6O3. The third-order valence-electron chi connectivity index (χ3n) is 5.55. The van der Waals surface area contributed by atoms with Crippen LogP contribution in [0.3, 0.4) is 0 Å². The predicted molar refractivity (Wildman–Crippen MR) is 112 cm³/mol. The number of pyridine rings is 1. The van der Waals surface area contributed by atoms with Crippen LogP contribution in [-0.2, 0) is 13.6 Å². The van der Waals surface area contributed by atoms with Gasteiger partial charge in [0.15, 0.2) is 5.65 Å².